The minimum absolute atomic E-state index is 0.0715. The lowest BCUT2D eigenvalue weighted by molar-refractivity contribution is -0.121. The summed E-state index contributed by atoms with van der Waals surface area (Å²) < 4.78 is 11.2. The van der Waals surface area contributed by atoms with Crippen LogP contribution < -0.4 is 14.4 Å². The molecule has 23 heavy (non-hydrogen) atoms. The van der Waals surface area contributed by atoms with Gasteiger partial charge < -0.3 is 9.47 Å². The first-order valence-electron chi connectivity index (χ1n) is 7.18. The summed E-state index contributed by atoms with van der Waals surface area (Å²) in [5.41, 5.74) is 0.572. The number of amides is 1. The molecule has 1 amide bonds. The average Bonchev–Trinajstić information content (AvgIpc) is 2.53. The van der Waals surface area contributed by atoms with Gasteiger partial charge in [-0.15, -0.1) is 0 Å². The molecule has 120 valence electrons. The third-order valence-electron chi connectivity index (χ3n) is 3.53. The number of para-hydroxylation sites is 1. The van der Waals surface area contributed by atoms with Crippen LogP contribution in [0.4, 0.5) is 5.69 Å². The molecule has 0 aliphatic carbocycles. The van der Waals surface area contributed by atoms with Crippen LogP contribution in [0.2, 0.25) is 10.0 Å². The highest BCUT2D eigenvalue weighted by Gasteiger charge is 2.31. The number of ether oxygens (including phenoxy) is 2. The van der Waals surface area contributed by atoms with Gasteiger partial charge in [-0.3, -0.25) is 9.69 Å². The zero-order chi connectivity index (χ0) is 16.4. The monoisotopic (exact) mass is 351 g/mol. The van der Waals surface area contributed by atoms with Crippen molar-refractivity contribution >= 4 is 34.8 Å². The summed E-state index contributed by atoms with van der Waals surface area (Å²) in [6.45, 7) is 2.20. The van der Waals surface area contributed by atoms with Crippen molar-refractivity contribution in [2.75, 3.05) is 18.1 Å². The van der Waals surface area contributed by atoms with E-state index in [1.807, 2.05) is 25.1 Å². The fourth-order valence-corrected chi connectivity index (χ4v) is 3.03. The van der Waals surface area contributed by atoms with E-state index in [1.54, 1.807) is 29.2 Å². The SMILES string of the molecule is CC1COc2c(Cl)cc(Cl)cc2N1C(=O)COc1ccccc1. The van der Waals surface area contributed by atoms with Crippen LogP contribution in [0.5, 0.6) is 11.5 Å². The van der Waals surface area contributed by atoms with Crippen molar-refractivity contribution in [3.63, 3.8) is 0 Å². The molecule has 0 saturated heterocycles. The Kier molecular flexibility index (Phi) is 4.64. The third-order valence-corrected chi connectivity index (χ3v) is 4.03. The van der Waals surface area contributed by atoms with Gasteiger partial charge in [-0.05, 0) is 31.2 Å². The number of hydrogen-bond donors (Lipinski definition) is 0. The predicted octanol–water partition coefficient (Wildman–Crippen LogP) is 4.19. The molecule has 0 aromatic heterocycles. The molecule has 1 heterocycles. The molecule has 2 aromatic carbocycles. The average molecular weight is 352 g/mol. The Morgan fingerprint density at radius 3 is 2.78 bits per heavy atom. The fourth-order valence-electron chi connectivity index (χ4n) is 2.50. The second-order valence-corrected chi connectivity index (χ2v) is 6.10. The Morgan fingerprint density at radius 2 is 2.04 bits per heavy atom. The highest BCUT2D eigenvalue weighted by Crippen LogP contribution is 2.42. The molecule has 0 N–H and O–H groups in total. The molecule has 1 atom stereocenters. The minimum atomic E-state index is -0.177. The van der Waals surface area contributed by atoms with Gasteiger partial charge in [0.2, 0.25) is 0 Å². The molecule has 1 aliphatic rings. The minimum Gasteiger partial charge on any atom is -0.488 e. The second kappa shape index (κ2) is 6.69. The number of nitrogens with zero attached hydrogens (tertiary/aromatic N) is 1. The van der Waals surface area contributed by atoms with Gasteiger partial charge in [0, 0.05) is 5.02 Å². The van der Waals surface area contributed by atoms with E-state index in [2.05, 4.69) is 0 Å². The molecular formula is C17H15Cl2NO3. The van der Waals surface area contributed by atoms with Crippen molar-refractivity contribution in [2.24, 2.45) is 0 Å². The van der Waals surface area contributed by atoms with E-state index < -0.39 is 0 Å². The summed E-state index contributed by atoms with van der Waals surface area (Å²) in [4.78, 5) is 14.3. The van der Waals surface area contributed by atoms with Gasteiger partial charge in [-0.25, -0.2) is 0 Å². The van der Waals surface area contributed by atoms with Crippen LogP contribution in [0.15, 0.2) is 42.5 Å². The topological polar surface area (TPSA) is 38.8 Å². The quantitative estimate of drug-likeness (QED) is 0.832. The van der Waals surface area contributed by atoms with Crippen molar-refractivity contribution in [3.05, 3.63) is 52.5 Å². The highest BCUT2D eigenvalue weighted by molar-refractivity contribution is 6.36. The van der Waals surface area contributed by atoms with Crippen molar-refractivity contribution < 1.29 is 14.3 Å². The molecule has 3 rings (SSSR count). The lowest BCUT2D eigenvalue weighted by atomic mass is 10.1. The Hall–Kier alpha value is -1.91. The number of hydrogen-bond acceptors (Lipinski definition) is 3. The maximum Gasteiger partial charge on any atom is 0.265 e. The zero-order valence-electron chi connectivity index (χ0n) is 12.5. The van der Waals surface area contributed by atoms with Crippen molar-refractivity contribution in [1.29, 1.82) is 0 Å². The van der Waals surface area contributed by atoms with Crippen LogP contribution in [0.3, 0.4) is 0 Å². The van der Waals surface area contributed by atoms with Gasteiger partial charge in [0.15, 0.2) is 12.4 Å². The standard InChI is InChI=1S/C17H15Cl2NO3/c1-11-9-23-17-14(19)7-12(18)8-15(17)20(11)16(21)10-22-13-5-3-2-4-6-13/h2-8,11H,9-10H2,1H3. The third kappa shape index (κ3) is 3.38. The predicted molar refractivity (Wildman–Crippen MR) is 90.8 cm³/mol. The lowest BCUT2D eigenvalue weighted by Gasteiger charge is -2.35. The lowest BCUT2D eigenvalue weighted by Crippen LogP contribution is -2.47. The van der Waals surface area contributed by atoms with E-state index in [1.165, 1.54) is 0 Å². The van der Waals surface area contributed by atoms with Crippen molar-refractivity contribution in [3.8, 4) is 11.5 Å². The van der Waals surface area contributed by atoms with Crippen LogP contribution in [0.1, 0.15) is 6.92 Å². The number of rotatable bonds is 3. The summed E-state index contributed by atoms with van der Waals surface area (Å²) in [7, 11) is 0. The molecule has 1 unspecified atom stereocenters. The second-order valence-electron chi connectivity index (χ2n) is 5.26. The zero-order valence-corrected chi connectivity index (χ0v) is 14.0. The molecule has 0 fully saturated rings. The van der Waals surface area contributed by atoms with Gasteiger partial charge in [0.1, 0.15) is 12.4 Å². The van der Waals surface area contributed by atoms with Gasteiger partial charge in [-0.1, -0.05) is 41.4 Å². The number of carbonyl (C=O) groups excluding carboxylic acids is 1. The van der Waals surface area contributed by atoms with E-state index in [4.69, 9.17) is 32.7 Å². The summed E-state index contributed by atoms with van der Waals surface area (Å²) in [5, 5.41) is 0.842. The number of halogens is 2. The molecule has 1 aliphatic heterocycles. The number of carbonyl (C=O) groups is 1. The Balaban J connectivity index is 1.83. The fraction of sp³-hybridized carbons (Fsp3) is 0.235. The summed E-state index contributed by atoms with van der Waals surface area (Å²) in [6, 6.07) is 12.3. The first-order valence-corrected chi connectivity index (χ1v) is 7.93. The molecule has 2 aromatic rings. The van der Waals surface area contributed by atoms with E-state index in [0.29, 0.717) is 33.8 Å². The maximum absolute atomic E-state index is 12.6. The normalized spacial score (nSPS) is 16.5. The van der Waals surface area contributed by atoms with E-state index in [0.717, 1.165) is 0 Å². The number of fused-ring (bicyclic) bond motifs is 1. The van der Waals surface area contributed by atoms with Gasteiger partial charge in [-0.2, -0.15) is 0 Å². The summed E-state index contributed by atoms with van der Waals surface area (Å²) >= 11 is 12.2. The number of anilines is 1. The molecule has 6 heteroatoms. The van der Waals surface area contributed by atoms with E-state index >= 15 is 0 Å². The smallest absolute Gasteiger partial charge is 0.265 e. The first kappa shape index (κ1) is 16.0. The summed E-state index contributed by atoms with van der Waals surface area (Å²) in [5.74, 6) is 0.942. The van der Waals surface area contributed by atoms with Crippen LogP contribution >= 0.6 is 23.2 Å². The van der Waals surface area contributed by atoms with Crippen LogP contribution in [0, 0.1) is 0 Å². The molecule has 0 saturated carbocycles. The maximum atomic E-state index is 12.6. The van der Waals surface area contributed by atoms with Gasteiger partial charge >= 0.3 is 0 Å². The van der Waals surface area contributed by atoms with Crippen molar-refractivity contribution in [2.45, 2.75) is 13.0 Å². The molecule has 0 bridgehead atoms. The first-order chi connectivity index (χ1) is 11.1. The molecular weight excluding hydrogens is 337 g/mol. The Labute approximate surface area is 144 Å². The van der Waals surface area contributed by atoms with Crippen LogP contribution in [0.25, 0.3) is 0 Å². The van der Waals surface area contributed by atoms with Crippen LogP contribution in [-0.4, -0.2) is 25.2 Å². The van der Waals surface area contributed by atoms with Crippen molar-refractivity contribution in [1.82, 2.24) is 0 Å². The molecule has 0 radical (unpaired) electrons. The Bertz CT molecular complexity index is 721. The highest BCUT2D eigenvalue weighted by atomic mass is 35.5. The van der Waals surface area contributed by atoms with E-state index in [-0.39, 0.29) is 18.6 Å². The largest absolute Gasteiger partial charge is 0.488 e. The van der Waals surface area contributed by atoms with Gasteiger partial charge in [0.05, 0.1) is 16.8 Å². The molecule has 0 spiro atoms. The summed E-state index contributed by atoms with van der Waals surface area (Å²) in [6.07, 6.45) is 0. The number of benzene rings is 2. The van der Waals surface area contributed by atoms with Crippen LogP contribution in [-0.2, 0) is 4.79 Å². The Morgan fingerprint density at radius 1 is 1.30 bits per heavy atom. The molecule has 4 nitrogen and oxygen atoms in total. The van der Waals surface area contributed by atoms with Gasteiger partial charge in [0.25, 0.3) is 5.91 Å². The van der Waals surface area contributed by atoms with E-state index in [9.17, 15) is 4.79 Å².